The van der Waals surface area contributed by atoms with E-state index in [0.29, 0.717) is 0 Å². The van der Waals surface area contributed by atoms with Crippen LogP contribution in [-0.2, 0) is 19.3 Å². The molecule has 0 radical (unpaired) electrons. The molecule has 0 aliphatic carbocycles. The van der Waals surface area contributed by atoms with E-state index >= 15 is 0 Å². The van der Waals surface area contributed by atoms with Gasteiger partial charge >= 0.3 is 0 Å². The van der Waals surface area contributed by atoms with Crippen molar-refractivity contribution in [2.24, 2.45) is 0 Å². The molecular formula is C15H17N3. The molecular weight excluding hydrogens is 222 g/mol. The molecule has 0 fully saturated rings. The maximum absolute atomic E-state index is 4.39. The molecule has 3 heteroatoms. The zero-order valence-corrected chi connectivity index (χ0v) is 10.5. The Hall–Kier alpha value is -2.03. The molecule has 2 N–H and O–H groups in total. The van der Waals surface area contributed by atoms with E-state index in [1.54, 1.807) is 0 Å². The zero-order chi connectivity index (χ0) is 12.4. The highest BCUT2D eigenvalue weighted by molar-refractivity contribution is 5.80. The van der Waals surface area contributed by atoms with Gasteiger partial charge in [0.1, 0.15) is 5.82 Å². The minimum absolute atomic E-state index is 0.951. The number of para-hydroxylation sites is 1. The number of hydrogen-bond acceptors (Lipinski definition) is 1. The summed E-state index contributed by atoms with van der Waals surface area (Å²) < 4.78 is 0. The summed E-state index contributed by atoms with van der Waals surface area (Å²) in [6.45, 7) is 2.13. The number of nitrogens with zero attached hydrogens (tertiary/aromatic N) is 1. The summed E-state index contributed by atoms with van der Waals surface area (Å²) in [6, 6.07) is 10.6. The lowest BCUT2D eigenvalue weighted by Crippen LogP contribution is -1.93. The van der Waals surface area contributed by atoms with E-state index in [0.717, 1.165) is 25.1 Å². The molecule has 0 atom stereocenters. The van der Waals surface area contributed by atoms with Gasteiger partial charge in [0.15, 0.2) is 0 Å². The number of nitrogens with one attached hydrogen (secondary N) is 2. The first-order valence-electron chi connectivity index (χ1n) is 6.44. The van der Waals surface area contributed by atoms with E-state index < -0.39 is 0 Å². The number of benzene rings is 1. The number of hydrogen-bond donors (Lipinski definition) is 2. The number of fused-ring (bicyclic) bond motifs is 1. The van der Waals surface area contributed by atoms with Gasteiger partial charge in [0.2, 0.25) is 0 Å². The van der Waals surface area contributed by atoms with Crippen LogP contribution >= 0.6 is 0 Å². The molecule has 0 aliphatic heterocycles. The van der Waals surface area contributed by atoms with Crippen LogP contribution in [0.4, 0.5) is 0 Å². The molecule has 0 bridgehead atoms. The second kappa shape index (κ2) is 4.69. The Morgan fingerprint density at radius 3 is 2.72 bits per heavy atom. The minimum Gasteiger partial charge on any atom is -0.358 e. The summed E-state index contributed by atoms with van der Waals surface area (Å²) in [4.78, 5) is 11.2. The number of aromatic amines is 2. The van der Waals surface area contributed by atoms with Crippen LogP contribution < -0.4 is 0 Å². The molecule has 0 unspecified atom stereocenters. The van der Waals surface area contributed by atoms with E-state index in [-0.39, 0.29) is 0 Å². The topological polar surface area (TPSA) is 44.5 Å². The van der Waals surface area contributed by atoms with Crippen molar-refractivity contribution >= 4 is 10.9 Å². The van der Waals surface area contributed by atoms with Crippen molar-refractivity contribution in [3.8, 4) is 0 Å². The van der Waals surface area contributed by atoms with Crippen LogP contribution in [0.15, 0.2) is 36.5 Å². The van der Waals surface area contributed by atoms with Crippen LogP contribution in [0.3, 0.4) is 0 Å². The Bertz CT molecular complexity index is 615. The van der Waals surface area contributed by atoms with Gasteiger partial charge in [-0.05, 0) is 30.4 Å². The first kappa shape index (κ1) is 11.1. The first-order chi connectivity index (χ1) is 8.85. The monoisotopic (exact) mass is 239 g/mol. The summed E-state index contributed by atoms with van der Waals surface area (Å²) in [5.41, 5.74) is 3.69. The Morgan fingerprint density at radius 2 is 1.94 bits per heavy atom. The minimum atomic E-state index is 0.951. The van der Waals surface area contributed by atoms with Crippen molar-refractivity contribution in [1.82, 2.24) is 15.0 Å². The maximum atomic E-state index is 4.39. The molecule has 0 saturated heterocycles. The van der Waals surface area contributed by atoms with Crippen LogP contribution in [0.1, 0.15) is 24.1 Å². The van der Waals surface area contributed by atoms with Crippen molar-refractivity contribution in [2.75, 3.05) is 0 Å². The summed E-state index contributed by atoms with van der Waals surface area (Å²) in [7, 11) is 0. The molecule has 3 nitrogen and oxygen atoms in total. The molecule has 1 aromatic carbocycles. The van der Waals surface area contributed by atoms with Crippen molar-refractivity contribution in [1.29, 1.82) is 0 Å². The van der Waals surface area contributed by atoms with Gasteiger partial charge in [-0.15, -0.1) is 0 Å². The first-order valence-corrected chi connectivity index (χ1v) is 6.44. The summed E-state index contributed by atoms with van der Waals surface area (Å²) in [6.07, 6.45) is 4.89. The third kappa shape index (κ3) is 2.16. The van der Waals surface area contributed by atoms with E-state index in [9.17, 15) is 0 Å². The normalized spacial score (nSPS) is 11.2. The predicted octanol–water partition coefficient (Wildman–Crippen LogP) is 3.24. The SMILES string of the molecule is CCc1cnc(CCc2cc3ccccc3[nH]2)[nH]1. The quantitative estimate of drug-likeness (QED) is 0.721. The second-order valence-electron chi connectivity index (χ2n) is 4.59. The third-order valence-corrected chi connectivity index (χ3v) is 3.28. The van der Waals surface area contributed by atoms with Gasteiger partial charge in [0.05, 0.1) is 0 Å². The number of rotatable bonds is 4. The molecule has 2 aromatic heterocycles. The molecule has 0 aliphatic rings. The average Bonchev–Trinajstić information content (AvgIpc) is 3.02. The van der Waals surface area contributed by atoms with Gasteiger partial charge in [-0.25, -0.2) is 4.98 Å². The van der Waals surface area contributed by atoms with Crippen molar-refractivity contribution in [3.63, 3.8) is 0 Å². The highest BCUT2D eigenvalue weighted by Gasteiger charge is 2.03. The van der Waals surface area contributed by atoms with Gasteiger partial charge in [-0.2, -0.15) is 0 Å². The Balaban J connectivity index is 1.72. The van der Waals surface area contributed by atoms with Gasteiger partial charge in [0, 0.05) is 29.5 Å². The van der Waals surface area contributed by atoms with Crippen LogP contribution in [0.25, 0.3) is 10.9 Å². The average molecular weight is 239 g/mol. The van der Waals surface area contributed by atoms with Gasteiger partial charge < -0.3 is 9.97 Å². The van der Waals surface area contributed by atoms with Crippen molar-refractivity contribution in [3.05, 3.63) is 53.7 Å². The van der Waals surface area contributed by atoms with E-state index in [2.05, 4.69) is 52.2 Å². The van der Waals surface area contributed by atoms with Gasteiger partial charge in [0.25, 0.3) is 0 Å². The van der Waals surface area contributed by atoms with Crippen molar-refractivity contribution in [2.45, 2.75) is 26.2 Å². The van der Waals surface area contributed by atoms with E-state index in [1.165, 1.54) is 22.3 Å². The van der Waals surface area contributed by atoms with E-state index in [1.807, 2.05) is 6.20 Å². The standard InChI is InChI=1S/C15H17N3/c1-2-12-10-16-15(18-12)8-7-13-9-11-5-3-4-6-14(11)17-13/h3-6,9-10,17H,2,7-8H2,1H3,(H,16,18). The predicted molar refractivity (Wildman–Crippen MR) is 73.7 cm³/mol. The molecule has 3 aromatic rings. The van der Waals surface area contributed by atoms with E-state index in [4.69, 9.17) is 0 Å². The summed E-state index contributed by atoms with van der Waals surface area (Å²) in [5, 5.41) is 1.28. The lowest BCUT2D eigenvalue weighted by Gasteiger charge is -1.95. The fourth-order valence-electron chi connectivity index (χ4n) is 2.23. The third-order valence-electron chi connectivity index (χ3n) is 3.28. The van der Waals surface area contributed by atoms with Gasteiger partial charge in [-0.3, -0.25) is 0 Å². The van der Waals surface area contributed by atoms with Gasteiger partial charge in [-0.1, -0.05) is 25.1 Å². The Morgan fingerprint density at radius 1 is 1.06 bits per heavy atom. The molecule has 3 rings (SSSR count). The highest BCUT2D eigenvalue weighted by Crippen LogP contribution is 2.15. The molecule has 0 saturated carbocycles. The molecule has 2 heterocycles. The number of aryl methyl sites for hydroxylation is 3. The lowest BCUT2D eigenvalue weighted by atomic mass is 10.2. The lowest BCUT2D eigenvalue weighted by molar-refractivity contribution is 0.859. The van der Waals surface area contributed by atoms with Crippen LogP contribution in [-0.4, -0.2) is 15.0 Å². The highest BCUT2D eigenvalue weighted by atomic mass is 14.9. The van der Waals surface area contributed by atoms with Crippen molar-refractivity contribution < 1.29 is 0 Å². The number of H-pyrrole nitrogens is 2. The fraction of sp³-hybridized carbons (Fsp3) is 0.267. The fourth-order valence-corrected chi connectivity index (χ4v) is 2.23. The Labute approximate surface area is 106 Å². The summed E-state index contributed by atoms with van der Waals surface area (Å²) in [5.74, 6) is 1.07. The largest absolute Gasteiger partial charge is 0.358 e. The summed E-state index contributed by atoms with van der Waals surface area (Å²) >= 11 is 0. The zero-order valence-electron chi connectivity index (χ0n) is 10.5. The molecule has 0 amide bonds. The van der Waals surface area contributed by atoms with Crippen LogP contribution in [0.5, 0.6) is 0 Å². The molecule has 18 heavy (non-hydrogen) atoms. The Kier molecular flexibility index (Phi) is 2.89. The van der Waals surface area contributed by atoms with Crippen LogP contribution in [0.2, 0.25) is 0 Å². The number of imidazole rings is 1. The van der Waals surface area contributed by atoms with Crippen LogP contribution in [0, 0.1) is 0 Å². The molecule has 0 spiro atoms. The smallest absolute Gasteiger partial charge is 0.106 e. The number of aromatic nitrogens is 3. The molecule has 92 valence electrons. The maximum Gasteiger partial charge on any atom is 0.106 e. The second-order valence-corrected chi connectivity index (χ2v) is 4.59.